The van der Waals surface area contributed by atoms with Gasteiger partial charge in [-0.15, -0.1) is 0 Å². The molecule has 33 heavy (non-hydrogen) atoms. The van der Waals surface area contributed by atoms with Gasteiger partial charge in [0.15, 0.2) is 0 Å². The van der Waals surface area contributed by atoms with E-state index >= 15 is 0 Å². The van der Waals surface area contributed by atoms with E-state index in [-0.39, 0.29) is 31.1 Å². The number of nitrogens with zero attached hydrogens (tertiary/aromatic N) is 2. The Kier molecular flexibility index (Phi) is 7.07. The van der Waals surface area contributed by atoms with Crippen LogP contribution in [0.15, 0.2) is 36.7 Å². The number of aromatic hydroxyl groups is 1. The highest BCUT2D eigenvalue weighted by Gasteiger charge is 2.69. The molecule has 1 aromatic heterocycles. The van der Waals surface area contributed by atoms with Gasteiger partial charge in [0.25, 0.3) is 0 Å². The van der Waals surface area contributed by atoms with Crippen molar-refractivity contribution < 1.29 is 23.1 Å². The van der Waals surface area contributed by atoms with Crippen LogP contribution in [0.3, 0.4) is 0 Å². The second-order valence-corrected chi connectivity index (χ2v) is 9.54. The molecule has 3 N–H and O–H groups in total. The number of phenols is 1. The lowest BCUT2D eigenvalue weighted by Gasteiger charge is -2.37. The van der Waals surface area contributed by atoms with E-state index in [1.165, 1.54) is 12.4 Å². The Morgan fingerprint density at radius 1 is 1.24 bits per heavy atom. The fourth-order valence-electron chi connectivity index (χ4n) is 5.12. The minimum atomic E-state index is -4.45. The first-order chi connectivity index (χ1) is 15.4. The number of hydrogen-bond acceptors (Lipinski definition) is 4. The molecule has 5 nitrogen and oxygen atoms in total. The molecule has 0 aliphatic heterocycles. The molecule has 1 heterocycles. The molecule has 0 saturated heterocycles. The van der Waals surface area contributed by atoms with Crippen LogP contribution in [0.5, 0.6) is 5.75 Å². The molecule has 2 aromatic rings. The summed E-state index contributed by atoms with van der Waals surface area (Å²) in [6, 6.07) is 6.31. The molecular weight excluding hydrogens is 431 g/mol. The average molecular weight is 464 g/mol. The second kappa shape index (κ2) is 9.33. The topological polar surface area (TPSA) is 79.5 Å². The number of amides is 1. The Labute approximate surface area is 192 Å². The van der Waals surface area contributed by atoms with Gasteiger partial charge < -0.3 is 15.7 Å². The number of rotatable bonds is 9. The minimum Gasteiger partial charge on any atom is -0.508 e. The zero-order valence-electron chi connectivity index (χ0n) is 19.5. The minimum absolute atomic E-state index is 0.0251. The zero-order valence-corrected chi connectivity index (χ0v) is 19.5. The standard InChI is InChI=1S/C25H32F3N3O2/c1-15-10-19(32)11-16(2)20(15)12-18(31(3)4)13-21(23(29)33)22(17-6-5-9-30-14-17)24(7-8-24)25(26,27)28/h5-6,9-11,14,18,21-22,32H,7-8,12-13H2,1-4H3,(H2,29,33)/t18-,21?,22?/m1/s1. The van der Waals surface area contributed by atoms with Crippen LogP contribution in [0.1, 0.15) is 47.4 Å². The van der Waals surface area contributed by atoms with Crippen molar-refractivity contribution in [3.63, 3.8) is 0 Å². The van der Waals surface area contributed by atoms with Crippen LogP contribution in [0, 0.1) is 25.2 Å². The number of primary amides is 1. The van der Waals surface area contributed by atoms with Crippen molar-refractivity contribution in [2.24, 2.45) is 17.1 Å². The van der Waals surface area contributed by atoms with Crippen LogP contribution in [-0.4, -0.2) is 47.2 Å². The molecule has 8 heteroatoms. The first-order valence-corrected chi connectivity index (χ1v) is 11.1. The number of carbonyl (C=O) groups excluding carboxylic acids is 1. The summed E-state index contributed by atoms with van der Waals surface area (Å²) in [5.74, 6) is -2.66. The third-order valence-electron chi connectivity index (χ3n) is 7.14. The van der Waals surface area contributed by atoms with Crippen molar-refractivity contribution in [3.05, 3.63) is 58.9 Å². The van der Waals surface area contributed by atoms with Gasteiger partial charge in [-0.3, -0.25) is 9.78 Å². The van der Waals surface area contributed by atoms with E-state index in [4.69, 9.17) is 5.73 Å². The molecule has 0 radical (unpaired) electrons. The van der Waals surface area contributed by atoms with E-state index in [1.54, 1.807) is 24.3 Å². The van der Waals surface area contributed by atoms with Crippen LogP contribution in [0.25, 0.3) is 0 Å². The summed E-state index contributed by atoms with van der Waals surface area (Å²) in [6.45, 7) is 3.78. The van der Waals surface area contributed by atoms with Gasteiger partial charge in [-0.05, 0) is 94.1 Å². The molecule has 1 aliphatic rings. The number of phenolic OH excluding ortho intramolecular Hbond substituents is 1. The number of aryl methyl sites for hydroxylation is 2. The normalized spacial score (nSPS) is 18.1. The van der Waals surface area contributed by atoms with Crippen LogP contribution >= 0.6 is 0 Å². The third kappa shape index (κ3) is 5.16. The summed E-state index contributed by atoms with van der Waals surface area (Å²) in [5.41, 5.74) is 7.02. The van der Waals surface area contributed by atoms with E-state index in [1.807, 2.05) is 32.8 Å². The van der Waals surface area contributed by atoms with Crippen LogP contribution < -0.4 is 5.73 Å². The van der Waals surface area contributed by atoms with Gasteiger partial charge in [0.2, 0.25) is 5.91 Å². The van der Waals surface area contributed by atoms with E-state index in [0.29, 0.717) is 12.0 Å². The number of halogens is 3. The summed E-state index contributed by atoms with van der Waals surface area (Å²) < 4.78 is 42.7. The molecular formula is C25H32F3N3O2. The predicted molar refractivity (Wildman–Crippen MR) is 121 cm³/mol. The van der Waals surface area contributed by atoms with Crippen molar-refractivity contribution in [2.75, 3.05) is 14.1 Å². The Hall–Kier alpha value is -2.61. The van der Waals surface area contributed by atoms with Crippen molar-refractivity contribution in [3.8, 4) is 5.75 Å². The lowest BCUT2D eigenvalue weighted by molar-refractivity contribution is -0.198. The van der Waals surface area contributed by atoms with Gasteiger partial charge in [0.1, 0.15) is 5.75 Å². The first-order valence-electron chi connectivity index (χ1n) is 11.1. The summed E-state index contributed by atoms with van der Waals surface area (Å²) in [5, 5.41) is 9.87. The Morgan fingerprint density at radius 2 is 1.85 bits per heavy atom. The fourth-order valence-corrected chi connectivity index (χ4v) is 5.12. The summed E-state index contributed by atoms with van der Waals surface area (Å²) >= 11 is 0. The molecule has 1 saturated carbocycles. The third-order valence-corrected chi connectivity index (χ3v) is 7.14. The maximum Gasteiger partial charge on any atom is 0.395 e. The van der Waals surface area contributed by atoms with E-state index in [0.717, 1.165) is 16.7 Å². The molecule has 0 spiro atoms. The highest BCUT2D eigenvalue weighted by atomic mass is 19.4. The SMILES string of the molecule is Cc1cc(O)cc(C)c1C[C@H](CC(C(N)=O)C(c1cccnc1)C1(C(F)(F)F)CC1)N(C)C. The Balaban J connectivity index is 2.01. The maximum absolute atomic E-state index is 14.2. The summed E-state index contributed by atoms with van der Waals surface area (Å²) in [7, 11) is 3.70. The Morgan fingerprint density at radius 3 is 2.27 bits per heavy atom. The number of likely N-dealkylation sites (N-methyl/N-ethyl adjacent to an activating group) is 1. The van der Waals surface area contributed by atoms with Crippen LogP contribution in [0.4, 0.5) is 13.2 Å². The zero-order chi connectivity index (χ0) is 24.6. The van der Waals surface area contributed by atoms with Gasteiger partial charge in [0, 0.05) is 30.3 Å². The number of benzene rings is 1. The van der Waals surface area contributed by atoms with Gasteiger partial charge in [-0.1, -0.05) is 6.07 Å². The summed E-state index contributed by atoms with van der Waals surface area (Å²) in [6.07, 6.45) is -0.866. The molecule has 1 aliphatic carbocycles. The van der Waals surface area contributed by atoms with Gasteiger partial charge in [0.05, 0.1) is 5.41 Å². The second-order valence-electron chi connectivity index (χ2n) is 9.54. The highest BCUT2D eigenvalue weighted by molar-refractivity contribution is 5.78. The van der Waals surface area contributed by atoms with E-state index in [9.17, 15) is 23.1 Å². The van der Waals surface area contributed by atoms with Gasteiger partial charge in [-0.25, -0.2) is 0 Å². The highest BCUT2D eigenvalue weighted by Crippen LogP contribution is 2.67. The number of aromatic nitrogens is 1. The van der Waals surface area contributed by atoms with Crippen molar-refractivity contribution in [1.29, 1.82) is 0 Å². The number of carbonyl (C=O) groups is 1. The number of nitrogens with two attached hydrogens (primary N) is 1. The lowest BCUT2D eigenvalue weighted by atomic mass is 9.71. The van der Waals surface area contributed by atoms with Crippen LogP contribution in [-0.2, 0) is 11.2 Å². The number of hydrogen-bond donors (Lipinski definition) is 2. The smallest absolute Gasteiger partial charge is 0.395 e. The molecule has 1 amide bonds. The number of pyridine rings is 1. The molecule has 3 rings (SSSR count). The quantitative estimate of drug-likeness (QED) is 0.574. The molecule has 3 atom stereocenters. The van der Waals surface area contributed by atoms with Crippen molar-refractivity contribution >= 4 is 5.91 Å². The van der Waals surface area contributed by atoms with Crippen molar-refractivity contribution in [2.45, 2.75) is 57.7 Å². The van der Waals surface area contributed by atoms with Gasteiger partial charge >= 0.3 is 6.18 Å². The monoisotopic (exact) mass is 463 g/mol. The molecule has 1 fully saturated rings. The maximum atomic E-state index is 14.2. The molecule has 0 bridgehead atoms. The largest absolute Gasteiger partial charge is 0.508 e. The fraction of sp³-hybridized carbons (Fsp3) is 0.520. The van der Waals surface area contributed by atoms with E-state index < -0.39 is 29.3 Å². The van der Waals surface area contributed by atoms with E-state index in [2.05, 4.69) is 4.98 Å². The van der Waals surface area contributed by atoms with Crippen LogP contribution in [0.2, 0.25) is 0 Å². The Bertz CT molecular complexity index is 965. The predicted octanol–water partition coefficient (Wildman–Crippen LogP) is 4.49. The average Bonchev–Trinajstić information content (AvgIpc) is 3.51. The summed E-state index contributed by atoms with van der Waals surface area (Å²) in [4.78, 5) is 18.6. The molecule has 2 unspecified atom stereocenters. The molecule has 180 valence electrons. The first kappa shape index (κ1) is 25.0. The van der Waals surface area contributed by atoms with Gasteiger partial charge in [-0.2, -0.15) is 13.2 Å². The van der Waals surface area contributed by atoms with Crippen molar-refractivity contribution in [1.82, 2.24) is 9.88 Å². The lowest BCUT2D eigenvalue weighted by Crippen LogP contribution is -2.43. The number of alkyl halides is 3. The molecule has 1 aromatic carbocycles.